The molecule has 0 aliphatic heterocycles. The second-order valence-electron chi connectivity index (χ2n) is 3.38. The van der Waals surface area contributed by atoms with E-state index in [4.69, 9.17) is 5.73 Å². The van der Waals surface area contributed by atoms with E-state index >= 15 is 0 Å². The number of benzene rings is 1. The Morgan fingerprint density at radius 3 is 2.67 bits per heavy atom. The minimum atomic E-state index is 0.418. The zero-order chi connectivity index (χ0) is 11.0. The Labute approximate surface area is 96.3 Å². The molecule has 1 heterocycles. The van der Waals surface area contributed by atoms with Gasteiger partial charge in [0.2, 0.25) is 5.95 Å². The van der Waals surface area contributed by atoms with E-state index in [1.54, 1.807) is 11.7 Å². The molecule has 1 aromatic heterocycles. The molecule has 0 amide bonds. The van der Waals surface area contributed by atoms with Crippen molar-refractivity contribution in [3.63, 3.8) is 0 Å². The second kappa shape index (κ2) is 3.66. The Morgan fingerprint density at radius 2 is 2.13 bits per heavy atom. The molecule has 1 aromatic carbocycles. The number of hydrogen-bond acceptors (Lipinski definition) is 3. The molecule has 5 heteroatoms. The summed E-state index contributed by atoms with van der Waals surface area (Å²) in [5.41, 5.74) is 7.76. The van der Waals surface area contributed by atoms with Crippen molar-refractivity contribution in [2.75, 3.05) is 5.73 Å². The highest BCUT2D eigenvalue weighted by atomic mass is 79.9. The van der Waals surface area contributed by atoms with E-state index in [0.29, 0.717) is 11.8 Å². The number of nitrogens with two attached hydrogens (primary N) is 1. The monoisotopic (exact) mass is 266 g/mol. The van der Waals surface area contributed by atoms with Crippen LogP contribution in [-0.2, 0) is 7.05 Å². The van der Waals surface area contributed by atoms with Crippen LogP contribution in [0.25, 0.3) is 11.4 Å². The van der Waals surface area contributed by atoms with Gasteiger partial charge in [0.15, 0.2) is 5.82 Å². The lowest BCUT2D eigenvalue weighted by Crippen LogP contribution is -1.97. The van der Waals surface area contributed by atoms with Gasteiger partial charge < -0.3 is 5.73 Å². The van der Waals surface area contributed by atoms with Crippen LogP contribution in [0.3, 0.4) is 0 Å². The van der Waals surface area contributed by atoms with Crippen LogP contribution in [-0.4, -0.2) is 14.8 Å². The summed E-state index contributed by atoms with van der Waals surface area (Å²) in [6.07, 6.45) is 0. The molecule has 0 unspecified atom stereocenters. The molecule has 2 aromatic rings. The number of nitrogen functional groups attached to an aromatic ring is 1. The third-order valence-corrected chi connectivity index (χ3v) is 3.08. The summed E-state index contributed by atoms with van der Waals surface area (Å²) in [7, 11) is 1.77. The van der Waals surface area contributed by atoms with Crippen LogP contribution >= 0.6 is 15.9 Å². The number of rotatable bonds is 1. The largest absolute Gasteiger partial charge is 0.368 e. The minimum Gasteiger partial charge on any atom is -0.368 e. The Hall–Kier alpha value is -1.36. The Kier molecular flexibility index (Phi) is 2.48. The van der Waals surface area contributed by atoms with E-state index in [1.807, 2.05) is 25.1 Å². The van der Waals surface area contributed by atoms with Crippen molar-refractivity contribution in [2.24, 2.45) is 7.05 Å². The van der Waals surface area contributed by atoms with Gasteiger partial charge in [-0.3, -0.25) is 0 Å². The maximum Gasteiger partial charge on any atom is 0.218 e. The van der Waals surface area contributed by atoms with Gasteiger partial charge in [0.1, 0.15) is 0 Å². The number of nitrogens with zero attached hydrogens (tertiary/aromatic N) is 3. The first kappa shape index (κ1) is 10.2. The maximum atomic E-state index is 5.62. The van der Waals surface area contributed by atoms with Gasteiger partial charge in [-0.1, -0.05) is 28.1 Å². The van der Waals surface area contributed by atoms with E-state index in [2.05, 4.69) is 26.0 Å². The number of hydrogen-bond donors (Lipinski definition) is 1. The quantitative estimate of drug-likeness (QED) is 0.861. The van der Waals surface area contributed by atoms with Crippen LogP contribution in [0.1, 0.15) is 5.56 Å². The first-order valence-corrected chi connectivity index (χ1v) is 5.30. The molecule has 0 saturated carbocycles. The van der Waals surface area contributed by atoms with Gasteiger partial charge in [0.05, 0.1) is 0 Å². The predicted molar refractivity (Wildman–Crippen MR) is 63.3 cm³/mol. The summed E-state index contributed by atoms with van der Waals surface area (Å²) in [5.74, 6) is 1.07. The number of halogens is 1. The van der Waals surface area contributed by atoms with Gasteiger partial charge in [-0.25, -0.2) is 4.68 Å². The van der Waals surface area contributed by atoms with Crippen LogP contribution in [0.2, 0.25) is 0 Å². The topological polar surface area (TPSA) is 56.7 Å². The Bertz CT molecular complexity index is 485. The lowest BCUT2D eigenvalue weighted by Gasteiger charge is -1.99. The van der Waals surface area contributed by atoms with Crippen molar-refractivity contribution < 1.29 is 0 Å². The van der Waals surface area contributed by atoms with Gasteiger partial charge in [0, 0.05) is 17.1 Å². The van der Waals surface area contributed by atoms with Crippen molar-refractivity contribution in [3.05, 3.63) is 28.2 Å². The maximum absolute atomic E-state index is 5.62. The highest BCUT2D eigenvalue weighted by Gasteiger charge is 2.07. The second-order valence-corrected chi connectivity index (χ2v) is 4.24. The summed E-state index contributed by atoms with van der Waals surface area (Å²) in [6.45, 7) is 2.04. The number of anilines is 1. The Morgan fingerprint density at radius 1 is 1.40 bits per heavy atom. The molecule has 4 nitrogen and oxygen atoms in total. The van der Waals surface area contributed by atoms with Crippen LogP contribution in [0.5, 0.6) is 0 Å². The summed E-state index contributed by atoms with van der Waals surface area (Å²) in [5, 5.41) is 4.21. The van der Waals surface area contributed by atoms with Crippen molar-refractivity contribution in [2.45, 2.75) is 6.92 Å². The fourth-order valence-electron chi connectivity index (χ4n) is 1.25. The van der Waals surface area contributed by atoms with Crippen molar-refractivity contribution >= 4 is 21.9 Å². The molecule has 0 bridgehead atoms. The average molecular weight is 267 g/mol. The Balaban J connectivity index is 2.49. The van der Waals surface area contributed by atoms with Crippen molar-refractivity contribution in [1.29, 1.82) is 0 Å². The van der Waals surface area contributed by atoms with Gasteiger partial charge in [-0.15, -0.1) is 5.10 Å². The summed E-state index contributed by atoms with van der Waals surface area (Å²) < 4.78 is 2.61. The van der Waals surface area contributed by atoms with Gasteiger partial charge in [-0.05, 0) is 18.6 Å². The predicted octanol–water partition coefficient (Wildman–Crippen LogP) is 2.14. The highest BCUT2D eigenvalue weighted by molar-refractivity contribution is 9.10. The molecule has 0 fully saturated rings. The van der Waals surface area contributed by atoms with E-state index in [9.17, 15) is 0 Å². The average Bonchev–Trinajstić information content (AvgIpc) is 2.52. The summed E-state index contributed by atoms with van der Waals surface area (Å²) >= 11 is 3.48. The molecule has 2 rings (SSSR count). The number of aromatic nitrogens is 3. The zero-order valence-corrected chi connectivity index (χ0v) is 10.1. The van der Waals surface area contributed by atoms with Crippen molar-refractivity contribution in [3.8, 4) is 11.4 Å². The fraction of sp³-hybridized carbons (Fsp3) is 0.200. The summed E-state index contributed by atoms with van der Waals surface area (Å²) in [6, 6.07) is 5.99. The van der Waals surface area contributed by atoms with Crippen LogP contribution in [0, 0.1) is 6.92 Å². The lowest BCUT2D eigenvalue weighted by atomic mass is 10.1. The van der Waals surface area contributed by atoms with Crippen molar-refractivity contribution in [1.82, 2.24) is 14.8 Å². The first-order chi connectivity index (χ1) is 7.08. The third-order valence-electron chi connectivity index (χ3n) is 2.23. The van der Waals surface area contributed by atoms with Gasteiger partial charge >= 0.3 is 0 Å². The van der Waals surface area contributed by atoms with E-state index in [0.717, 1.165) is 10.0 Å². The SMILES string of the molecule is Cc1ccc(-c2nc(N)n(C)n2)cc1Br. The highest BCUT2D eigenvalue weighted by Crippen LogP contribution is 2.23. The molecule has 78 valence electrons. The molecular weight excluding hydrogens is 256 g/mol. The molecule has 0 spiro atoms. The van der Waals surface area contributed by atoms with Crippen LogP contribution in [0.15, 0.2) is 22.7 Å². The molecule has 0 atom stereocenters. The van der Waals surface area contributed by atoms with Gasteiger partial charge in [-0.2, -0.15) is 4.98 Å². The molecule has 0 radical (unpaired) electrons. The normalized spacial score (nSPS) is 10.6. The van der Waals surface area contributed by atoms with Crippen LogP contribution in [0.4, 0.5) is 5.95 Å². The fourth-order valence-corrected chi connectivity index (χ4v) is 1.63. The third kappa shape index (κ3) is 1.87. The van der Waals surface area contributed by atoms with E-state index < -0.39 is 0 Å². The zero-order valence-electron chi connectivity index (χ0n) is 8.53. The molecule has 2 N–H and O–H groups in total. The smallest absolute Gasteiger partial charge is 0.218 e. The van der Waals surface area contributed by atoms with Gasteiger partial charge in [0.25, 0.3) is 0 Å². The standard InChI is InChI=1S/C10H11BrN4/c1-6-3-4-7(5-8(6)11)9-13-10(12)15(2)14-9/h3-5H,1-2H3,(H2,12,13,14). The first-order valence-electron chi connectivity index (χ1n) is 4.51. The summed E-state index contributed by atoms with van der Waals surface area (Å²) in [4.78, 5) is 4.16. The molecule has 0 saturated heterocycles. The molecule has 0 aliphatic carbocycles. The van der Waals surface area contributed by atoms with E-state index in [1.165, 1.54) is 5.56 Å². The molecular formula is C10H11BrN4. The molecule has 0 aliphatic rings. The minimum absolute atomic E-state index is 0.418. The molecule has 15 heavy (non-hydrogen) atoms. The number of aryl methyl sites for hydroxylation is 2. The van der Waals surface area contributed by atoms with Crippen LogP contribution < -0.4 is 5.73 Å². The lowest BCUT2D eigenvalue weighted by molar-refractivity contribution is 0.781. The van der Waals surface area contributed by atoms with E-state index in [-0.39, 0.29) is 0 Å².